The van der Waals surface area contributed by atoms with Crippen molar-refractivity contribution in [1.82, 2.24) is 0 Å². The maximum absolute atomic E-state index is 11.6. The molecule has 0 aliphatic carbocycles. The van der Waals surface area contributed by atoms with Crippen LogP contribution in [-0.4, -0.2) is 17.2 Å². The fraction of sp³-hybridized carbons (Fsp3) is 0.167. The van der Waals surface area contributed by atoms with Crippen molar-refractivity contribution in [3.8, 4) is 0 Å². The second-order valence-corrected chi connectivity index (χ2v) is 4.69. The van der Waals surface area contributed by atoms with Crippen molar-refractivity contribution in [2.24, 2.45) is 0 Å². The lowest BCUT2D eigenvalue weighted by Gasteiger charge is -2.07. The summed E-state index contributed by atoms with van der Waals surface area (Å²) in [4.78, 5) is 11.6. The van der Waals surface area contributed by atoms with E-state index in [1.807, 2.05) is 60.7 Å². The predicted molar refractivity (Wildman–Crippen MR) is 82.3 cm³/mol. The van der Waals surface area contributed by atoms with E-state index in [-0.39, 0.29) is 13.0 Å². The number of carbonyl (C=O) groups excluding carboxylic acids is 1. The van der Waals surface area contributed by atoms with E-state index in [1.165, 1.54) is 0 Å². The van der Waals surface area contributed by atoms with E-state index in [4.69, 9.17) is 4.74 Å². The first-order chi connectivity index (χ1) is 10.2. The maximum Gasteiger partial charge on any atom is 0.309 e. The van der Waals surface area contributed by atoms with Crippen molar-refractivity contribution < 1.29 is 14.6 Å². The van der Waals surface area contributed by atoms with Gasteiger partial charge in [0.2, 0.25) is 0 Å². The van der Waals surface area contributed by atoms with E-state index in [2.05, 4.69) is 0 Å². The Hall–Kier alpha value is -2.39. The molecule has 0 saturated heterocycles. The van der Waals surface area contributed by atoms with Crippen molar-refractivity contribution in [3.05, 3.63) is 77.9 Å². The molecule has 0 aromatic heterocycles. The van der Waals surface area contributed by atoms with Crippen LogP contribution in [0, 0.1) is 0 Å². The lowest BCUT2D eigenvalue weighted by Crippen LogP contribution is -2.13. The largest absolute Gasteiger partial charge is 0.461 e. The van der Waals surface area contributed by atoms with Gasteiger partial charge in [-0.1, -0.05) is 72.8 Å². The summed E-state index contributed by atoms with van der Waals surface area (Å²) in [5.74, 6) is -0.413. The van der Waals surface area contributed by atoms with Gasteiger partial charge in [0.05, 0.1) is 12.5 Å². The molecule has 2 rings (SSSR count). The van der Waals surface area contributed by atoms with Crippen molar-refractivity contribution in [1.29, 1.82) is 0 Å². The molecule has 0 spiro atoms. The second-order valence-electron chi connectivity index (χ2n) is 4.69. The highest BCUT2D eigenvalue weighted by Gasteiger charge is 2.09. The molecule has 0 aliphatic heterocycles. The van der Waals surface area contributed by atoms with Gasteiger partial charge in [-0.2, -0.15) is 0 Å². The predicted octanol–water partition coefficient (Wildman–Crippen LogP) is 3.19. The third-order valence-electron chi connectivity index (χ3n) is 2.93. The van der Waals surface area contributed by atoms with Gasteiger partial charge in [-0.3, -0.25) is 4.79 Å². The summed E-state index contributed by atoms with van der Waals surface area (Å²) in [7, 11) is 0. The third kappa shape index (κ3) is 5.63. The topological polar surface area (TPSA) is 46.5 Å². The summed E-state index contributed by atoms with van der Waals surface area (Å²) in [5, 5.41) is 9.79. The van der Waals surface area contributed by atoms with Crippen LogP contribution in [0.4, 0.5) is 0 Å². The minimum atomic E-state index is -0.839. The van der Waals surface area contributed by atoms with Crippen molar-refractivity contribution in [2.45, 2.75) is 19.1 Å². The van der Waals surface area contributed by atoms with Gasteiger partial charge in [-0.05, 0) is 11.1 Å². The zero-order valence-corrected chi connectivity index (χ0v) is 11.7. The quantitative estimate of drug-likeness (QED) is 0.828. The average Bonchev–Trinajstić information content (AvgIpc) is 2.53. The van der Waals surface area contributed by atoms with Gasteiger partial charge in [-0.15, -0.1) is 0 Å². The standard InChI is InChI=1S/C18H18O3/c19-17(12-11-15-7-3-1-4-8-15)13-18(20)21-14-16-9-5-2-6-10-16/h1-12,17,19H,13-14H2/b12-11+/t17-/m0/s1. The molecule has 0 bridgehead atoms. The number of benzene rings is 2. The number of hydrogen-bond acceptors (Lipinski definition) is 3. The Labute approximate surface area is 124 Å². The zero-order valence-electron chi connectivity index (χ0n) is 11.7. The van der Waals surface area contributed by atoms with Gasteiger partial charge < -0.3 is 9.84 Å². The van der Waals surface area contributed by atoms with E-state index in [0.29, 0.717) is 0 Å². The highest BCUT2D eigenvalue weighted by Crippen LogP contribution is 2.06. The van der Waals surface area contributed by atoms with E-state index >= 15 is 0 Å². The molecule has 0 heterocycles. The van der Waals surface area contributed by atoms with Crippen LogP contribution in [0.15, 0.2) is 66.7 Å². The van der Waals surface area contributed by atoms with Gasteiger partial charge in [0.1, 0.15) is 6.61 Å². The highest BCUT2D eigenvalue weighted by molar-refractivity contribution is 5.70. The number of aliphatic hydroxyl groups excluding tert-OH is 1. The fourth-order valence-electron chi connectivity index (χ4n) is 1.82. The van der Waals surface area contributed by atoms with Crippen molar-refractivity contribution in [2.75, 3.05) is 0 Å². The number of hydrogen-bond donors (Lipinski definition) is 1. The average molecular weight is 282 g/mol. The molecule has 0 radical (unpaired) electrons. The molecular formula is C18H18O3. The molecule has 0 unspecified atom stereocenters. The molecule has 2 aromatic carbocycles. The Morgan fingerprint density at radius 3 is 2.33 bits per heavy atom. The normalized spacial score (nSPS) is 12.2. The Bertz CT molecular complexity index is 576. The molecule has 0 saturated carbocycles. The monoisotopic (exact) mass is 282 g/mol. The molecule has 1 atom stereocenters. The van der Waals surface area contributed by atoms with E-state index in [0.717, 1.165) is 11.1 Å². The smallest absolute Gasteiger partial charge is 0.309 e. The van der Waals surface area contributed by atoms with Crippen LogP contribution in [0.25, 0.3) is 6.08 Å². The molecule has 3 nitrogen and oxygen atoms in total. The van der Waals surface area contributed by atoms with Crippen LogP contribution in [0.5, 0.6) is 0 Å². The minimum Gasteiger partial charge on any atom is -0.461 e. The van der Waals surface area contributed by atoms with Crippen molar-refractivity contribution >= 4 is 12.0 Å². The van der Waals surface area contributed by atoms with Gasteiger partial charge in [0.15, 0.2) is 0 Å². The number of aliphatic hydroxyl groups is 1. The molecule has 0 amide bonds. The Kier molecular flexibility index (Phi) is 5.73. The summed E-state index contributed by atoms with van der Waals surface area (Å²) in [6, 6.07) is 19.1. The summed E-state index contributed by atoms with van der Waals surface area (Å²) in [6.07, 6.45) is 2.50. The van der Waals surface area contributed by atoms with Crippen LogP contribution >= 0.6 is 0 Å². The summed E-state index contributed by atoms with van der Waals surface area (Å²) in [5.41, 5.74) is 1.91. The molecule has 1 N–H and O–H groups in total. The summed E-state index contributed by atoms with van der Waals surface area (Å²) >= 11 is 0. The molecule has 0 fully saturated rings. The number of rotatable bonds is 6. The first-order valence-electron chi connectivity index (χ1n) is 6.85. The molecule has 108 valence electrons. The molecular weight excluding hydrogens is 264 g/mol. The van der Waals surface area contributed by atoms with Crippen molar-refractivity contribution in [3.63, 3.8) is 0 Å². The van der Waals surface area contributed by atoms with Crippen LogP contribution in [0.1, 0.15) is 17.5 Å². The fourth-order valence-corrected chi connectivity index (χ4v) is 1.82. The van der Waals surface area contributed by atoms with Gasteiger partial charge >= 0.3 is 5.97 Å². The second kappa shape index (κ2) is 8.02. The van der Waals surface area contributed by atoms with Gasteiger partial charge in [0, 0.05) is 0 Å². The zero-order chi connectivity index (χ0) is 14.9. The Morgan fingerprint density at radius 2 is 1.67 bits per heavy atom. The van der Waals surface area contributed by atoms with Crippen LogP contribution in [0.2, 0.25) is 0 Å². The lowest BCUT2D eigenvalue weighted by atomic mass is 10.1. The molecule has 21 heavy (non-hydrogen) atoms. The first kappa shape index (κ1) is 15.0. The Morgan fingerprint density at radius 1 is 1.05 bits per heavy atom. The van der Waals surface area contributed by atoms with E-state index in [1.54, 1.807) is 12.2 Å². The minimum absolute atomic E-state index is 0.0455. The third-order valence-corrected chi connectivity index (χ3v) is 2.93. The summed E-state index contributed by atoms with van der Waals surface area (Å²) in [6.45, 7) is 0.231. The number of ether oxygens (including phenoxy) is 1. The first-order valence-corrected chi connectivity index (χ1v) is 6.85. The van der Waals surface area contributed by atoms with E-state index in [9.17, 15) is 9.90 Å². The summed E-state index contributed by atoms with van der Waals surface area (Å²) < 4.78 is 5.12. The highest BCUT2D eigenvalue weighted by atomic mass is 16.5. The SMILES string of the molecule is O=C(C[C@@H](O)/C=C/c1ccccc1)OCc1ccccc1. The molecule has 3 heteroatoms. The van der Waals surface area contributed by atoms with Crippen LogP contribution < -0.4 is 0 Å². The number of carbonyl (C=O) groups is 1. The van der Waals surface area contributed by atoms with Gasteiger partial charge in [0.25, 0.3) is 0 Å². The van der Waals surface area contributed by atoms with Crippen LogP contribution in [-0.2, 0) is 16.1 Å². The van der Waals surface area contributed by atoms with Gasteiger partial charge in [-0.25, -0.2) is 0 Å². The number of esters is 1. The van der Waals surface area contributed by atoms with E-state index < -0.39 is 12.1 Å². The Balaban J connectivity index is 1.76. The molecule has 0 aliphatic rings. The van der Waals surface area contributed by atoms with Crippen LogP contribution in [0.3, 0.4) is 0 Å². The maximum atomic E-state index is 11.6. The lowest BCUT2D eigenvalue weighted by molar-refractivity contribution is -0.146. The molecule has 2 aromatic rings.